The van der Waals surface area contributed by atoms with Crippen molar-refractivity contribution in [3.05, 3.63) is 106 Å². The van der Waals surface area contributed by atoms with Crippen molar-refractivity contribution in [3.63, 3.8) is 0 Å². The number of benzene rings is 3. The fourth-order valence-corrected chi connectivity index (χ4v) is 6.21. The van der Waals surface area contributed by atoms with Crippen LogP contribution in [0.3, 0.4) is 0 Å². The van der Waals surface area contributed by atoms with Gasteiger partial charge in [-0.25, -0.2) is 9.48 Å². The molecule has 0 unspecified atom stereocenters. The fourth-order valence-electron chi connectivity index (χ4n) is 4.87. The highest BCUT2D eigenvalue weighted by Gasteiger charge is 2.34. The van der Waals surface area contributed by atoms with Crippen LogP contribution in [0.2, 0.25) is 0 Å². The molecule has 8 nitrogen and oxygen atoms in total. The van der Waals surface area contributed by atoms with Gasteiger partial charge in [-0.3, -0.25) is 9.36 Å². The summed E-state index contributed by atoms with van der Waals surface area (Å²) in [6.45, 7) is 0.506. The average Bonchev–Trinajstić information content (AvgIpc) is 3.54. The molecule has 0 radical (unpaired) electrons. The number of carbonyl (C=O) groups is 1. The van der Waals surface area contributed by atoms with Crippen LogP contribution in [-0.4, -0.2) is 36.4 Å². The second-order valence-corrected chi connectivity index (χ2v) is 10.1. The molecule has 37 heavy (non-hydrogen) atoms. The smallest absolute Gasteiger partial charge is 0.327 e. The first-order chi connectivity index (χ1) is 18.0. The largest absolute Gasteiger partial charge is 0.480 e. The molecule has 0 bridgehead atoms. The van der Waals surface area contributed by atoms with E-state index in [0.29, 0.717) is 29.4 Å². The minimum Gasteiger partial charge on any atom is -0.480 e. The summed E-state index contributed by atoms with van der Waals surface area (Å²) in [5.74, 6) is -0.734. The lowest BCUT2D eigenvalue weighted by molar-refractivity contribution is -0.140. The van der Waals surface area contributed by atoms with E-state index in [9.17, 15) is 14.7 Å². The van der Waals surface area contributed by atoms with Crippen molar-refractivity contribution in [1.82, 2.24) is 19.6 Å². The minimum atomic E-state index is -1.02. The van der Waals surface area contributed by atoms with Gasteiger partial charge >= 0.3 is 5.97 Å². The maximum Gasteiger partial charge on any atom is 0.327 e. The number of nitrogen functional groups attached to an aromatic ring is 1. The van der Waals surface area contributed by atoms with Gasteiger partial charge in [0.1, 0.15) is 11.7 Å². The third-order valence-electron chi connectivity index (χ3n) is 6.64. The summed E-state index contributed by atoms with van der Waals surface area (Å²) in [6, 6.07) is 22.5. The first-order valence-corrected chi connectivity index (χ1v) is 12.8. The van der Waals surface area contributed by atoms with Gasteiger partial charge in [0.05, 0.1) is 17.8 Å². The van der Waals surface area contributed by atoms with Crippen LogP contribution in [0.4, 0.5) is 5.69 Å². The van der Waals surface area contributed by atoms with Gasteiger partial charge in [0.15, 0.2) is 0 Å². The number of pyridine rings is 1. The monoisotopic (exact) mass is 509 g/mol. The summed E-state index contributed by atoms with van der Waals surface area (Å²) in [5.41, 5.74) is 10.4. The summed E-state index contributed by atoms with van der Waals surface area (Å²) in [7, 11) is 0. The Labute approximate surface area is 216 Å². The number of aliphatic carboxylic acids is 1. The Kier molecular flexibility index (Phi) is 5.77. The van der Waals surface area contributed by atoms with Crippen LogP contribution in [0.1, 0.15) is 22.7 Å². The van der Waals surface area contributed by atoms with Crippen molar-refractivity contribution in [1.29, 1.82) is 0 Å². The predicted molar refractivity (Wildman–Crippen MR) is 144 cm³/mol. The van der Waals surface area contributed by atoms with Crippen LogP contribution in [-0.2, 0) is 17.8 Å². The molecule has 2 aromatic heterocycles. The van der Waals surface area contributed by atoms with Gasteiger partial charge in [-0.15, -0.1) is 16.9 Å². The van der Waals surface area contributed by atoms with Gasteiger partial charge < -0.3 is 10.8 Å². The number of fused-ring (bicyclic) bond motifs is 2. The zero-order chi connectivity index (χ0) is 25.5. The number of hydrogen-bond donors (Lipinski definition) is 2. The van der Waals surface area contributed by atoms with E-state index < -0.39 is 12.0 Å². The number of nitrogens with two attached hydrogens (primary N) is 1. The highest BCUT2D eigenvalue weighted by Crippen LogP contribution is 2.41. The Morgan fingerprint density at radius 3 is 2.65 bits per heavy atom. The number of nitrogens with zero attached hydrogens (tertiary/aromatic N) is 4. The molecule has 0 fully saturated rings. The van der Waals surface area contributed by atoms with Gasteiger partial charge in [-0.2, -0.15) is 0 Å². The average molecular weight is 510 g/mol. The second-order valence-electron chi connectivity index (χ2n) is 9.08. The molecule has 1 aliphatic rings. The quantitative estimate of drug-likeness (QED) is 0.329. The molecule has 3 N–H and O–H groups in total. The number of rotatable bonds is 6. The number of thioether (sulfide) groups is 1. The highest BCUT2D eigenvalue weighted by molar-refractivity contribution is 7.99. The topological polar surface area (TPSA) is 116 Å². The summed E-state index contributed by atoms with van der Waals surface area (Å²) < 4.78 is 3.12. The van der Waals surface area contributed by atoms with Crippen LogP contribution in [0.5, 0.6) is 0 Å². The van der Waals surface area contributed by atoms with E-state index in [-0.39, 0.29) is 11.3 Å². The Morgan fingerprint density at radius 2 is 1.84 bits per heavy atom. The zero-order valence-electron chi connectivity index (χ0n) is 19.7. The highest BCUT2D eigenvalue weighted by atomic mass is 32.2. The molecule has 0 aliphatic carbocycles. The maximum absolute atomic E-state index is 13.2. The van der Waals surface area contributed by atoms with E-state index in [1.54, 1.807) is 10.7 Å². The van der Waals surface area contributed by atoms with Crippen molar-refractivity contribution >= 4 is 34.2 Å². The normalized spacial score (nSPS) is 14.6. The lowest BCUT2D eigenvalue weighted by Gasteiger charge is -2.16. The summed E-state index contributed by atoms with van der Waals surface area (Å²) in [4.78, 5) is 25.1. The summed E-state index contributed by atoms with van der Waals surface area (Å²) in [5, 5.41) is 21.4. The van der Waals surface area contributed by atoms with E-state index in [1.807, 2.05) is 48.7 Å². The van der Waals surface area contributed by atoms with Crippen molar-refractivity contribution in [3.8, 4) is 11.3 Å². The summed E-state index contributed by atoms with van der Waals surface area (Å²) in [6.07, 6.45) is 2.35. The molecule has 3 aromatic carbocycles. The van der Waals surface area contributed by atoms with Crippen LogP contribution in [0.15, 0.2) is 88.8 Å². The number of anilines is 1. The molecule has 184 valence electrons. The minimum absolute atomic E-state index is 0.287. The van der Waals surface area contributed by atoms with E-state index in [4.69, 9.17) is 5.73 Å². The molecule has 6 rings (SSSR count). The molecule has 0 amide bonds. The molecule has 1 aliphatic heterocycles. The standard InChI is InChI=1S/C28H23N5O3S/c29-21-10-8-17(9-11-21)14-32-15-23(30-31-32)26-20(12-19-6-3-5-18-4-1-2-7-22(18)19)13-25(34)33-24(28(35)36)16-37-27(26)33/h1-11,13,15,24H,12,14,16,29H2,(H,35,36)/t24-/m0/s1. The summed E-state index contributed by atoms with van der Waals surface area (Å²) >= 11 is 1.37. The Balaban J connectivity index is 1.47. The zero-order valence-corrected chi connectivity index (χ0v) is 20.6. The van der Waals surface area contributed by atoms with Crippen molar-refractivity contribution in [2.75, 3.05) is 11.5 Å². The van der Waals surface area contributed by atoms with Crippen molar-refractivity contribution in [2.24, 2.45) is 0 Å². The molecule has 3 heterocycles. The van der Waals surface area contributed by atoms with Gasteiger partial charge in [0.25, 0.3) is 5.56 Å². The van der Waals surface area contributed by atoms with Crippen LogP contribution < -0.4 is 11.3 Å². The Morgan fingerprint density at radius 1 is 1.05 bits per heavy atom. The van der Waals surface area contributed by atoms with Gasteiger partial charge in [-0.05, 0) is 46.0 Å². The van der Waals surface area contributed by atoms with Crippen molar-refractivity contribution < 1.29 is 9.90 Å². The SMILES string of the molecule is Nc1ccc(Cn2cc(-c3c(Cc4cccc5ccccc45)cc(=O)n4c3SC[C@H]4C(=O)O)nn2)cc1. The van der Waals surface area contributed by atoms with E-state index in [1.165, 1.54) is 16.3 Å². The first kappa shape index (κ1) is 23.1. The first-order valence-electron chi connectivity index (χ1n) is 11.8. The number of carboxylic acid groups (broad SMARTS) is 1. The Hall–Kier alpha value is -4.37. The fraction of sp³-hybridized carbons (Fsp3) is 0.143. The third-order valence-corrected chi connectivity index (χ3v) is 7.80. The van der Waals surface area contributed by atoms with E-state index in [2.05, 4.69) is 34.6 Å². The predicted octanol–water partition coefficient (Wildman–Crippen LogP) is 4.21. The maximum atomic E-state index is 13.2. The second kappa shape index (κ2) is 9.25. The number of hydrogen-bond acceptors (Lipinski definition) is 6. The Bertz CT molecular complexity index is 1700. The number of carboxylic acids is 1. The van der Waals surface area contributed by atoms with Gasteiger partial charge in [0.2, 0.25) is 0 Å². The molecule has 0 spiro atoms. The molecular formula is C28H23N5O3S. The number of aromatic nitrogens is 4. The van der Waals surface area contributed by atoms with Gasteiger partial charge in [-0.1, -0.05) is 59.8 Å². The van der Waals surface area contributed by atoms with E-state index in [0.717, 1.165) is 33.0 Å². The third kappa shape index (κ3) is 4.27. The lowest BCUT2D eigenvalue weighted by Crippen LogP contribution is -2.29. The molecule has 1 atom stereocenters. The molecule has 0 saturated carbocycles. The van der Waals surface area contributed by atoms with Crippen LogP contribution >= 0.6 is 11.8 Å². The van der Waals surface area contributed by atoms with Crippen LogP contribution in [0.25, 0.3) is 22.0 Å². The molecule has 9 heteroatoms. The van der Waals surface area contributed by atoms with Gasteiger partial charge in [0, 0.05) is 23.1 Å². The van der Waals surface area contributed by atoms with Crippen molar-refractivity contribution in [2.45, 2.75) is 24.0 Å². The van der Waals surface area contributed by atoms with Crippen LogP contribution in [0, 0.1) is 0 Å². The molecule has 0 saturated heterocycles. The lowest BCUT2D eigenvalue weighted by atomic mass is 9.95. The molecular weight excluding hydrogens is 486 g/mol. The molecule has 5 aromatic rings. The van der Waals surface area contributed by atoms with E-state index >= 15 is 0 Å².